The molecular formula is C24H26FNO6. The van der Waals surface area contributed by atoms with Crippen LogP contribution in [0.4, 0.5) is 4.39 Å². The zero-order chi connectivity index (χ0) is 22.3. The summed E-state index contributed by atoms with van der Waals surface area (Å²) in [5.41, 5.74) is 1.74. The lowest BCUT2D eigenvalue weighted by atomic mass is 9.92. The molecule has 170 valence electrons. The zero-order valence-corrected chi connectivity index (χ0v) is 17.6. The SMILES string of the molecule is O=C(NCc1ccc(F)cc1)C1=CC(c2ccc3c(c2)OCO3)CC(OCCCCO)O1. The van der Waals surface area contributed by atoms with E-state index < -0.39 is 6.29 Å². The lowest BCUT2D eigenvalue weighted by Crippen LogP contribution is -2.32. The van der Waals surface area contributed by atoms with Crippen LogP contribution in [-0.4, -0.2) is 37.3 Å². The van der Waals surface area contributed by atoms with Crippen LogP contribution in [-0.2, 0) is 20.8 Å². The average molecular weight is 443 g/mol. The van der Waals surface area contributed by atoms with Gasteiger partial charge in [0.25, 0.3) is 5.91 Å². The molecule has 4 rings (SSSR count). The second-order valence-electron chi connectivity index (χ2n) is 7.64. The highest BCUT2D eigenvalue weighted by Crippen LogP contribution is 2.38. The predicted octanol–water partition coefficient (Wildman–Crippen LogP) is 3.37. The Morgan fingerprint density at radius 2 is 1.94 bits per heavy atom. The molecule has 2 aromatic rings. The van der Waals surface area contributed by atoms with Crippen molar-refractivity contribution in [2.45, 2.75) is 38.0 Å². The highest BCUT2D eigenvalue weighted by Gasteiger charge is 2.29. The van der Waals surface area contributed by atoms with Crippen LogP contribution in [0.2, 0.25) is 0 Å². The summed E-state index contributed by atoms with van der Waals surface area (Å²) >= 11 is 0. The van der Waals surface area contributed by atoms with Gasteiger partial charge in [-0.05, 0) is 54.3 Å². The molecule has 2 heterocycles. The molecule has 2 aliphatic heterocycles. The molecule has 2 aromatic carbocycles. The van der Waals surface area contributed by atoms with E-state index >= 15 is 0 Å². The topological polar surface area (TPSA) is 86.3 Å². The van der Waals surface area contributed by atoms with Gasteiger partial charge in [0.1, 0.15) is 5.82 Å². The zero-order valence-electron chi connectivity index (χ0n) is 17.6. The fraction of sp³-hybridized carbons (Fsp3) is 0.375. The summed E-state index contributed by atoms with van der Waals surface area (Å²) in [5.74, 6) is 0.722. The van der Waals surface area contributed by atoms with Gasteiger partial charge in [0.05, 0.1) is 6.61 Å². The number of aliphatic hydroxyl groups is 1. The Kier molecular flexibility index (Phi) is 7.24. The van der Waals surface area contributed by atoms with Crippen molar-refractivity contribution in [3.63, 3.8) is 0 Å². The molecule has 0 aliphatic carbocycles. The molecular weight excluding hydrogens is 417 g/mol. The van der Waals surface area contributed by atoms with Crippen molar-refractivity contribution >= 4 is 5.91 Å². The van der Waals surface area contributed by atoms with E-state index in [0.717, 1.165) is 11.1 Å². The molecule has 7 nitrogen and oxygen atoms in total. The van der Waals surface area contributed by atoms with Gasteiger partial charge in [-0.15, -0.1) is 0 Å². The first-order valence-electron chi connectivity index (χ1n) is 10.7. The van der Waals surface area contributed by atoms with Crippen LogP contribution in [0.25, 0.3) is 0 Å². The Labute approximate surface area is 185 Å². The predicted molar refractivity (Wildman–Crippen MR) is 113 cm³/mol. The van der Waals surface area contributed by atoms with Gasteiger partial charge in [-0.3, -0.25) is 4.79 Å². The Bertz CT molecular complexity index is 961. The highest BCUT2D eigenvalue weighted by atomic mass is 19.1. The fourth-order valence-corrected chi connectivity index (χ4v) is 3.59. The largest absolute Gasteiger partial charge is 0.459 e. The molecule has 1 amide bonds. The molecule has 2 atom stereocenters. The fourth-order valence-electron chi connectivity index (χ4n) is 3.59. The minimum atomic E-state index is -0.597. The van der Waals surface area contributed by atoms with Crippen molar-refractivity contribution < 1.29 is 33.2 Å². The molecule has 0 aromatic heterocycles. The van der Waals surface area contributed by atoms with Gasteiger partial charge in [0, 0.05) is 25.5 Å². The molecule has 2 unspecified atom stereocenters. The smallest absolute Gasteiger partial charge is 0.286 e. The second-order valence-corrected chi connectivity index (χ2v) is 7.64. The first-order valence-corrected chi connectivity index (χ1v) is 10.7. The average Bonchev–Trinajstić information content (AvgIpc) is 3.29. The van der Waals surface area contributed by atoms with E-state index in [9.17, 15) is 9.18 Å². The number of unbranched alkanes of at least 4 members (excludes halogenated alkanes) is 1. The van der Waals surface area contributed by atoms with Crippen molar-refractivity contribution in [1.29, 1.82) is 0 Å². The summed E-state index contributed by atoms with van der Waals surface area (Å²) in [4.78, 5) is 12.8. The third kappa shape index (κ3) is 5.57. The Balaban J connectivity index is 1.47. The standard InChI is InChI=1S/C24H26FNO6/c25-19-6-3-16(4-7-19)14-26-24(28)22-12-18(13-23(32-22)29-10-2-1-9-27)17-5-8-20-21(11-17)31-15-30-20/h3-8,11-12,18,23,27H,1-2,9-10,13-15H2,(H,26,28). The molecule has 0 saturated heterocycles. The summed E-state index contributed by atoms with van der Waals surface area (Å²) < 4.78 is 35.6. The van der Waals surface area contributed by atoms with Crippen LogP contribution < -0.4 is 14.8 Å². The van der Waals surface area contributed by atoms with Crippen molar-refractivity contribution in [1.82, 2.24) is 5.32 Å². The minimum absolute atomic E-state index is 0.103. The summed E-state index contributed by atoms with van der Waals surface area (Å²) in [7, 11) is 0. The maximum atomic E-state index is 13.1. The maximum Gasteiger partial charge on any atom is 0.286 e. The van der Waals surface area contributed by atoms with Crippen molar-refractivity contribution in [3.05, 3.63) is 71.2 Å². The lowest BCUT2D eigenvalue weighted by Gasteiger charge is -2.29. The van der Waals surface area contributed by atoms with Gasteiger partial charge in [-0.1, -0.05) is 18.2 Å². The van der Waals surface area contributed by atoms with Gasteiger partial charge >= 0.3 is 0 Å². The van der Waals surface area contributed by atoms with E-state index in [1.54, 1.807) is 18.2 Å². The van der Waals surface area contributed by atoms with Crippen LogP contribution in [0.5, 0.6) is 11.5 Å². The van der Waals surface area contributed by atoms with E-state index in [0.29, 0.717) is 37.4 Å². The first kappa shape index (κ1) is 22.1. The summed E-state index contributed by atoms with van der Waals surface area (Å²) in [6, 6.07) is 11.6. The molecule has 2 N–H and O–H groups in total. The molecule has 0 spiro atoms. The molecule has 0 radical (unpaired) electrons. The number of benzene rings is 2. The van der Waals surface area contributed by atoms with Gasteiger partial charge in [-0.25, -0.2) is 4.39 Å². The van der Waals surface area contributed by atoms with Crippen molar-refractivity contribution in [2.75, 3.05) is 20.0 Å². The lowest BCUT2D eigenvalue weighted by molar-refractivity contribution is -0.146. The van der Waals surface area contributed by atoms with Gasteiger partial charge < -0.3 is 29.4 Å². The molecule has 0 saturated carbocycles. The molecule has 32 heavy (non-hydrogen) atoms. The number of ether oxygens (including phenoxy) is 4. The van der Waals surface area contributed by atoms with E-state index in [1.165, 1.54) is 12.1 Å². The first-order chi connectivity index (χ1) is 15.6. The van der Waals surface area contributed by atoms with Crippen LogP contribution in [0.3, 0.4) is 0 Å². The maximum absolute atomic E-state index is 13.1. The summed E-state index contributed by atoms with van der Waals surface area (Å²) in [6.07, 6.45) is 3.05. The van der Waals surface area contributed by atoms with Crippen LogP contribution in [0.15, 0.2) is 54.3 Å². The minimum Gasteiger partial charge on any atom is -0.459 e. The number of fused-ring (bicyclic) bond motifs is 1. The monoisotopic (exact) mass is 443 g/mol. The third-order valence-corrected chi connectivity index (χ3v) is 5.33. The van der Waals surface area contributed by atoms with Gasteiger partial charge in [0.2, 0.25) is 13.1 Å². The number of aliphatic hydroxyl groups excluding tert-OH is 1. The Morgan fingerprint density at radius 1 is 1.12 bits per heavy atom. The molecule has 0 fully saturated rings. The third-order valence-electron chi connectivity index (χ3n) is 5.33. The Morgan fingerprint density at radius 3 is 2.75 bits per heavy atom. The number of carbonyl (C=O) groups is 1. The van der Waals surface area contributed by atoms with Gasteiger partial charge in [-0.2, -0.15) is 0 Å². The van der Waals surface area contributed by atoms with Crippen LogP contribution >= 0.6 is 0 Å². The number of hydrogen-bond donors (Lipinski definition) is 2. The molecule has 0 bridgehead atoms. The van der Waals surface area contributed by atoms with Crippen LogP contribution in [0, 0.1) is 5.82 Å². The van der Waals surface area contributed by atoms with Crippen LogP contribution in [0.1, 0.15) is 36.3 Å². The van der Waals surface area contributed by atoms with Crippen molar-refractivity contribution in [3.8, 4) is 11.5 Å². The Hall–Kier alpha value is -3.10. The van der Waals surface area contributed by atoms with Gasteiger partial charge in [0.15, 0.2) is 17.3 Å². The number of hydrogen-bond acceptors (Lipinski definition) is 6. The quantitative estimate of drug-likeness (QED) is 0.578. The van der Waals surface area contributed by atoms with E-state index in [-0.39, 0.29) is 43.3 Å². The normalized spacial score (nSPS) is 19.2. The number of carbonyl (C=O) groups excluding carboxylic acids is 1. The summed E-state index contributed by atoms with van der Waals surface area (Å²) in [5, 5.41) is 11.8. The number of amides is 1. The molecule has 8 heteroatoms. The number of halogens is 1. The highest BCUT2D eigenvalue weighted by molar-refractivity contribution is 5.91. The van der Waals surface area contributed by atoms with Crippen molar-refractivity contribution in [2.24, 2.45) is 0 Å². The molecule has 2 aliphatic rings. The number of nitrogens with one attached hydrogen (secondary N) is 1. The van der Waals surface area contributed by atoms with E-state index in [1.807, 2.05) is 18.2 Å². The number of rotatable bonds is 9. The van der Waals surface area contributed by atoms with E-state index in [4.69, 9.17) is 24.1 Å². The second kappa shape index (κ2) is 10.5. The summed E-state index contributed by atoms with van der Waals surface area (Å²) in [6.45, 7) is 0.960. The number of allylic oxidation sites excluding steroid dienone is 1. The van der Waals surface area contributed by atoms with E-state index in [2.05, 4.69) is 5.32 Å².